The van der Waals surface area contributed by atoms with Gasteiger partial charge < -0.3 is 15.3 Å². The van der Waals surface area contributed by atoms with Gasteiger partial charge in [-0.1, -0.05) is 0 Å². The molecule has 10 nitrogen and oxygen atoms in total. The maximum atomic E-state index is 10.1. The number of aldehydes is 1. The largest absolute Gasteiger partial charge is 0.414 e. The molecule has 80 valence electrons. The molecule has 0 saturated carbocycles. The number of carbonyl (C=O) groups is 1. The van der Waals surface area contributed by atoms with Gasteiger partial charge >= 0.3 is 12.0 Å². The molecule has 3 N–H and O–H groups in total. The minimum Gasteiger partial charge on any atom is -0.375 e. The first kappa shape index (κ1) is 12.3. The van der Waals surface area contributed by atoms with Crippen LogP contribution < -0.4 is 0 Å². The van der Waals surface area contributed by atoms with Crippen molar-refractivity contribution in [3.8, 4) is 0 Å². The van der Waals surface area contributed by atoms with Crippen molar-refractivity contribution in [3.05, 3.63) is 20.2 Å². The molecule has 0 aromatic heterocycles. The lowest BCUT2D eigenvalue weighted by molar-refractivity contribution is -0.652. The molecule has 14 heavy (non-hydrogen) atoms. The van der Waals surface area contributed by atoms with E-state index in [4.69, 9.17) is 15.3 Å². The van der Waals surface area contributed by atoms with Crippen LogP contribution in [0.2, 0.25) is 0 Å². The summed E-state index contributed by atoms with van der Waals surface area (Å²) >= 11 is 0. The van der Waals surface area contributed by atoms with Crippen molar-refractivity contribution in [1.82, 2.24) is 0 Å². The first-order valence-electron chi connectivity index (χ1n) is 3.10. The average Bonchev–Trinajstić information content (AvgIpc) is 2.13. The lowest BCUT2D eigenvalue weighted by Gasteiger charge is -2.18. The van der Waals surface area contributed by atoms with E-state index in [9.17, 15) is 25.0 Å². The van der Waals surface area contributed by atoms with Crippen LogP contribution in [0.4, 0.5) is 0 Å². The molecule has 0 fully saturated rings. The van der Waals surface area contributed by atoms with Crippen LogP contribution in [0.3, 0.4) is 0 Å². The van der Waals surface area contributed by atoms with Crippen molar-refractivity contribution in [2.24, 2.45) is 0 Å². The normalized spacial score (nSPS) is 19.1. The monoisotopic (exact) mass is 210 g/mol. The van der Waals surface area contributed by atoms with Crippen molar-refractivity contribution in [2.75, 3.05) is 0 Å². The van der Waals surface area contributed by atoms with Crippen molar-refractivity contribution < 1.29 is 30.0 Å². The fraction of sp³-hybridized carbons (Fsp3) is 0.750. The Bertz CT molecular complexity index is 266. The second kappa shape index (κ2) is 4.04. The van der Waals surface area contributed by atoms with Crippen LogP contribution in [0.25, 0.3) is 0 Å². The highest BCUT2D eigenvalue weighted by Crippen LogP contribution is 2.12. The number of hydrogen-bond donors (Lipinski definition) is 3. The van der Waals surface area contributed by atoms with Gasteiger partial charge in [0.2, 0.25) is 6.29 Å². The molecule has 0 spiro atoms. The molecular formula is C4H6N2O8. The second-order valence-corrected chi connectivity index (χ2v) is 2.30. The highest BCUT2D eigenvalue weighted by molar-refractivity contribution is 5.60. The van der Waals surface area contributed by atoms with E-state index in [0.717, 1.165) is 0 Å². The maximum Gasteiger partial charge on any atom is 0.414 e. The van der Waals surface area contributed by atoms with Gasteiger partial charge in [-0.25, -0.2) is 0 Å². The molecule has 0 aliphatic heterocycles. The number of aliphatic hydroxyl groups excluding tert-OH is 2. The van der Waals surface area contributed by atoms with Crippen LogP contribution in [-0.2, 0) is 4.79 Å². The molecule has 3 atom stereocenters. The van der Waals surface area contributed by atoms with Gasteiger partial charge in [0.25, 0.3) is 6.10 Å². The zero-order chi connectivity index (χ0) is 11.5. The fourth-order valence-electron chi connectivity index (χ4n) is 0.555. The predicted octanol–water partition coefficient (Wildman–Crippen LogP) is -2.89. The highest BCUT2D eigenvalue weighted by Gasteiger charge is 2.56. The average molecular weight is 210 g/mol. The summed E-state index contributed by atoms with van der Waals surface area (Å²) in [4.78, 5) is 26.8. The van der Waals surface area contributed by atoms with Crippen LogP contribution in [0, 0.1) is 20.2 Å². The Morgan fingerprint density at radius 1 is 1.29 bits per heavy atom. The summed E-state index contributed by atoms with van der Waals surface area (Å²) in [7, 11) is 0. The third-order valence-corrected chi connectivity index (χ3v) is 1.40. The van der Waals surface area contributed by atoms with Crippen LogP contribution in [0.1, 0.15) is 0 Å². The highest BCUT2D eigenvalue weighted by atomic mass is 16.7. The first-order valence-corrected chi connectivity index (χ1v) is 3.10. The first-order chi connectivity index (χ1) is 6.27. The summed E-state index contributed by atoms with van der Waals surface area (Å²) in [5.41, 5.74) is -3.59. The van der Waals surface area contributed by atoms with Crippen LogP contribution in [0.15, 0.2) is 0 Å². The van der Waals surface area contributed by atoms with E-state index >= 15 is 0 Å². The van der Waals surface area contributed by atoms with E-state index in [1.807, 2.05) is 0 Å². The zero-order valence-corrected chi connectivity index (χ0v) is 6.51. The number of nitrogens with zero attached hydrogens (tertiary/aromatic N) is 2. The van der Waals surface area contributed by atoms with E-state index in [1.54, 1.807) is 0 Å². The third kappa shape index (κ3) is 1.99. The van der Waals surface area contributed by atoms with E-state index in [-0.39, 0.29) is 0 Å². The molecule has 3 unspecified atom stereocenters. The minimum absolute atomic E-state index is 0.704. The summed E-state index contributed by atoms with van der Waals surface area (Å²) in [6, 6.07) is 0. The van der Waals surface area contributed by atoms with Crippen LogP contribution in [0.5, 0.6) is 0 Å². The van der Waals surface area contributed by atoms with Crippen molar-refractivity contribution in [2.45, 2.75) is 18.1 Å². The van der Waals surface area contributed by atoms with E-state index in [2.05, 4.69) is 0 Å². The smallest absolute Gasteiger partial charge is 0.375 e. The Kier molecular flexibility index (Phi) is 3.56. The molecule has 0 amide bonds. The minimum atomic E-state index is -3.59. The molecule has 0 aromatic carbocycles. The van der Waals surface area contributed by atoms with Gasteiger partial charge in [-0.15, -0.1) is 0 Å². The number of aliphatic hydroxyl groups is 3. The Balaban J connectivity index is 4.96. The van der Waals surface area contributed by atoms with Crippen molar-refractivity contribution >= 4 is 6.29 Å². The van der Waals surface area contributed by atoms with Gasteiger partial charge in [-0.05, 0) is 0 Å². The third-order valence-electron chi connectivity index (χ3n) is 1.40. The van der Waals surface area contributed by atoms with Crippen molar-refractivity contribution in [1.29, 1.82) is 0 Å². The molecule has 0 saturated heterocycles. The molecule has 0 aliphatic rings. The zero-order valence-electron chi connectivity index (χ0n) is 6.51. The van der Waals surface area contributed by atoms with E-state index < -0.39 is 34.2 Å². The Labute approximate surface area is 75.7 Å². The summed E-state index contributed by atoms with van der Waals surface area (Å²) in [5, 5.41) is 46.0. The van der Waals surface area contributed by atoms with Crippen LogP contribution >= 0.6 is 0 Å². The Morgan fingerprint density at radius 2 is 1.71 bits per heavy atom. The number of hydrogen-bond acceptors (Lipinski definition) is 8. The molecule has 0 heterocycles. The van der Waals surface area contributed by atoms with Gasteiger partial charge in [0.05, 0.1) is 9.85 Å². The lowest BCUT2D eigenvalue weighted by atomic mass is 10.1. The maximum absolute atomic E-state index is 10.1. The molecule has 0 bridgehead atoms. The topological polar surface area (TPSA) is 164 Å². The lowest BCUT2D eigenvalue weighted by Crippen LogP contribution is -2.57. The molecular weight excluding hydrogens is 204 g/mol. The van der Waals surface area contributed by atoms with Crippen LogP contribution in [-0.4, -0.2) is 49.5 Å². The van der Waals surface area contributed by atoms with E-state index in [0.29, 0.717) is 0 Å². The predicted molar refractivity (Wildman–Crippen MR) is 37.0 cm³/mol. The SMILES string of the molecule is O=CC(O)(C(O)C(O)[N+](=O)[O-])[N+](=O)[O-]. The molecule has 10 heteroatoms. The number of rotatable bonds is 5. The van der Waals surface area contributed by atoms with Crippen molar-refractivity contribution in [3.63, 3.8) is 0 Å². The summed E-state index contributed by atoms with van der Waals surface area (Å²) in [6.45, 7) is 0. The Hall–Kier alpha value is -1.65. The molecule has 0 rings (SSSR count). The number of carbonyl (C=O) groups excluding carboxylic acids is 1. The van der Waals surface area contributed by atoms with Gasteiger partial charge in [-0.2, -0.15) is 0 Å². The fourth-order valence-corrected chi connectivity index (χ4v) is 0.555. The Morgan fingerprint density at radius 3 is 1.93 bits per heavy atom. The second-order valence-electron chi connectivity index (χ2n) is 2.30. The van der Waals surface area contributed by atoms with E-state index in [1.165, 1.54) is 0 Å². The van der Waals surface area contributed by atoms with Gasteiger partial charge in [0.1, 0.15) is 0 Å². The molecule has 0 radical (unpaired) electrons. The summed E-state index contributed by atoms with van der Waals surface area (Å²) in [6.07, 6.45) is -6.37. The summed E-state index contributed by atoms with van der Waals surface area (Å²) < 4.78 is 0. The standard InChI is InChI=1S/C4H6N2O8/c7-1-4(10,6(13)14)2(8)3(9)5(11)12/h1-3,8-10H. The molecule has 0 aromatic rings. The van der Waals surface area contributed by atoms with Gasteiger partial charge in [-0.3, -0.25) is 25.0 Å². The quantitative estimate of drug-likeness (QED) is 0.188. The summed E-state index contributed by atoms with van der Waals surface area (Å²) in [5.74, 6) is 0. The van der Waals surface area contributed by atoms with Gasteiger partial charge in [0.15, 0.2) is 0 Å². The molecule has 0 aliphatic carbocycles. The number of nitro groups is 2. The van der Waals surface area contributed by atoms with Gasteiger partial charge in [0, 0.05) is 0 Å².